The molecule has 2 rings (SSSR count). The van der Waals surface area contributed by atoms with Crippen molar-refractivity contribution in [1.82, 2.24) is 4.57 Å². The molecule has 0 saturated heterocycles. The summed E-state index contributed by atoms with van der Waals surface area (Å²) in [6.45, 7) is 4.86. The molecule has 2 aromatic rings. The SMILES string of the molecule is Cc1cc(CNc2cc(F)ccc2Br)c(C)n1C. The van der Waals surface area contributed by atoms with Gasteiger partial charge in [-0.05, 0) is 59.6 Å². The van der Waals surface area contributed by atoms with Crippen molar-refractivity contribution in [2.75, 3.05) is 5.32 Å². The lowest BCUT2D eigenvalue weighted by molar-refractivity contribution is 0.628. The molecule has 1 heterocycles. The Labute approximate surface area is 115 Å². The normalized spacial score (nSPS) is 10.7. The van der Waals surface area contributed by atoms with Gasteiger partial charge in [0.05, 0.1) is 5.69 Å². The standard InChI is InChI=1S/C14H16BrFN2/c1-9-6-11(10(2)18(9)3)8-17-14-7-12(16)4-5-13(14)15/h4-7,17H,8H2,1-3H3. The van der Waals surface area contributed by atoms with Crippen molar-refractivity contribution in [2.24, 2.45) is 7.05 Å². The van der Waals surface area contributed by atoms with Crippen LogP contribution in [0.3, 0.4) is 0 Å². The second-order valence-electron chi connectivity index (χ2n) is 4.43. The van der Waals surface area contributed by atoms with E-state index in [9.17, 15) is 4.39 Å². The van der Waals surface area contributed by atoms with Crippen LogP contribution in [0.25, 0.3) is 0 Å². The maximum atomic E-state index is 13.2. The van der Waals surface area contributed by atoms with Crippen LogP contribution in [0.4, 0.5) is 10.1 Å². The lowest BCUT2D eigenvalue weighted by Gasteiger charge is -2.09. The van der Waals surface area contributed by atoms with Crippen LogP contribution in [0.5, 0.6) is 0 Å². The lowest BCUT2D eigenvalue weighted by Crippen LogP contribution is -2.02. The van der Waals surface area contributed by atoms with E-state index in [1.54, 1.807) is 6.07 Å². The first-order chi connectivity index (χ1) is 8.49. The summed E-state index contributed by atoms with van der Waals surface area (Å²) in [5, 5.41) is 3.25. The fraction of sp³-hybridized carbons (Fsp3) is 0.286. The van der Waals surface area contributed by atoms with Crippen LogP contribution in [-0.4, -0.2) is 4.57 Å². The van der Waals surface area contributed by atoms with E-state index >= 15 is 0 Å². The highest BCUT2D eigenvalue weighted by molar-refractivity contribution is 9.10. The molecule has 1 N–H and O–H groups in total. The van der Waals surface area contributed by atoms with Gasteiger partial charge in [0.2, 0.25) is 0 Å². The predicted octanol–water partition coefficient (Wildman–Crippen LogP) is 4.16. The first-order valence-electron chi connectivity index (χ1n) is 5.79. The fourth-order valence-corrected chi connectivity index (χ4v) is 2.32. The Balaban J connectivity index is 2.16. The minimum Gasteiger partial charge on any atom is -0.380 e. The quantitative estimate of drug-likeness (QED) is 0.901. The van der Waals surface area contributed by atoms with E-state index in [2.05, 4.69) is 45.7 Å². The molecular formula is C14H16BrFN2. The first-order valence-corrected chi connectivity index (χ1v) is 6.59. The van der Waals surface area contributed by atoms with Crippen molar-refractivity contribution >= 4 is 21.6 Å². The second-order valence-corrected chi connectivity index (χ2v) is 5.29. The predicted molar refractivity (Wildman–Crippen MR) is 76.3 cm³/mol. The van der Waals surface area contributed by atoms with Gasteiger partial charge in [-0.1, -0.05) is 0 Å². The van der Waals surface area contributed by atoms with Crippen molar-refractivity contribution < 1.29 is 4.39 Å². The molecule has 0 saturated carbocycles. The van der Waals surface area contributed by atoms with E-state index in [0.717, 1.165) is 10.2 Å². The molecular weight excluding hydrogens is 295 g/mol. The molecule has 0 unspecified atom stereocenters. The third-order valence-corrected chi connectivity index (χ3v) is 3.97. The zero-order chi connectivity index (χ0) is 13.3. The number of nitrogens with zero attached hydrogens (tertiary/aromatic N) is 1. The minimum absolute atomic E-state index is 0.235. The van der Waals surface area contributed by atoms with Crippen LogP contribution in [0.1, 0.15) is 17.0 Å². The summed E-state index contributed by atoms with van der Waals surface area (Å²) >= 11 is 3.41. The molecule has 0 atom stereocenters. The Kier molecular flexibility index (Phi) is 3.76. The number of aromatic nitrogens is 1. The van der Waals surface area contributed by atoms with Crippen LogP contribution < -0.4 is 5.32 Å². The Morgan fingerprint density at radius 1 is 1.28 bits per heavy atom. The molecule has 18 heavy (non-hydrogen) atoms. The van der Waals surface area contributed by atoms with Crippen LogP contribution in [0.15, 0.2) is 28.7 Å². The highest BCUT2D eigenvalue weighted by Crippen LogP contribution is 2.24. The van der Waals surface area contributed by atoms with Crippen LogP contribution in [-0.2, 0) is 13.6 Å². The zero-order valence-electron chi connectivity index (χ0n) is 10.7. The van der Waals surface area contributed by atoms with Gasteiger partial charge in [-0.25, -0.2) is 4.39 Å². The Morgan fingerprint density at radius 2 is 2.00 bits per heavy atom. The van der Waals surface area contributed by atoms with Gasteiger partial charge >= 0.3 is 0 Å². The number of rotatable bonds is 3. The van der Waals surface area contributed by atoms with Crippen LogP contribution in [0.2, 0.25) is 0 Å². The van der Waals surface area contributed by atoms with Crippen LogP contribution in [0, 0.1) is 19.7 Å². The Morgan fingerprint density at radius 3 is 2.61 bits per heavy atom. The minimum atomic E-state index is -0.235. The van der Waals surface area contributed by atoms with Gasteiger partial charge in [0.15, 0.2) is 0 Å². The summed E-state index contributed by atoms with van der Waals surface area (Å²) in [5.74, 6) is -0.235. The third kappa shape index (κ3) is 2.58. The zero-order valence-corrected chi connectivity index (χ0v) is 12.3. The van der Waals surface area contributed by atoms with Crippen molar-refractivity contribution in [2.45, 2.75) is 20.4 Å². The second kappa shape index (κ2) is 5.14. The number of anilines is 1. The summed E-state index contributed by atoms with van der Waals surface area (Å²) < 4.78 is 16.2. The van der Waals surface area contributed by atoms with Crippen molar-refractivity contribution in [3.63, 3.8) is 0 Å². The third-order valence-electron chi connectivity index (χ3n) is 3.28. The van der Waals surface area contributed by atoms with E-state index in [-0.39, 0.29) is 5.82 Å². The van der Waals surface area contributed by atoms with E-state index in [1.807, 2.05) is 7.05 Å². The Hall–Kier alpha value is -1.29. The average molecular weight is 311 g/mol. The number of halogens is 2. The largest absolute Gasteiger partial charge is 0.380 e. The monoisotopic (exact) mass is 310 g/mol. The number of nitrogens with one attached hydrogen (secondary N) is 1. The summed E-state index contributed by atoms with van der Waals surface area (Å²) in [7, 11) is 2.05. The molecule has 2 nitrogen and oxygen atoms in total. The number of hydrogen-bond donors (Lipinski definition) is 1. The van der Waals surface area contributed by atoms with E-state index in [1.165, 1.54) is 29.1 Å². The molecule has 96 valence electrons. The smallest absolute Gasteiger partial charge is 0.125 e. The van der Waals surface area contributed by atoms with Gasteiger partial charge in [-0.15, -0.1) is 0 Å². The summed E-state index contributed by atoms with van der Waals surface area (Å²) in [6.07, 6.45) is 0. The molecule has 0 aliphatic rings. The van der Waals surface area contributed by atoms with Gasteiger partial charge in [-0.3, -0.25) is 0 Å². The van der Waals surface area contributed by atoms with Gasteiger partial charge in [-0.2, -0.15) is 0 Å². The molecule has 1 aromatic heterocycles. The van der Waals surface area contributed by atoms with E-state index < -0.39 is 0 Å². The Bertz CT molecular complexity index is 575. The average Bonchev–Trinajstić information content (AvgIpc) is 2.58. The van der Waals surface area contributed by atoms with Gasteiger partial charge < -0.3 is 9.88 Å². The maximum absolute atomic E-state index is 13.2. The number of aryl methyl sites for hydroxylation is 1. The molecule has 0 radical (unpaired) electrons. The number of hydrogen-bond acceptors (Lipinski definition) is 1. The fourth-order valence-electron chi connectivity index (χ4n) is 1.94. The van der Waals surface area contributed by atoms with Crippen molar-refractivity contribution in [3.8, 4) is 0 Å². The molecule has 0 bridgehead atoms. The molecule has 1 aromatic carbocycles. The van der Waals surface area contributed by atoms with Gasteiger partial charge in [0.25, 0.3) is 0 Å². The summed E-state index contributed by atoms with van der Waals surface area (Å²) in [4.78, 5) is 0. The highest BCUT2D eigenvalue weighted by Gasteiger charge is 2.07. The molecule has 0 fully saturated rings. The van der Waals surface area contributed by atoms with Gasteiger partial charge in [0, 0.05) is 29.5 Å². The van der Waals surface area contributed by atoms with E-state index in [0.29, 0.717) is 6.54 Å². The van der Waals surface area contributed by atoms with Crippen molar-refractivity contribution in [3.05, 3.63) is 51.5 Å². The summed E-state index contributed by atoms with van der Waals surface area (Å²) in [5.41, 5.74) is 4.46. The number of benzene rings is 1. The molecule has 4 heteroatoms. The maximum Gasteiger partial charge on any atom is 0.125 e. The highest BCUT2D eigenvalue weighted by atomic mass is 79.9. The molecule has 0 spiro atoms. The topological polar surface area (TPSA) is 17.0 Å². The van der Waals surface area contributed by atoms with Gasteiger partial charge in [0.1, 0.15) is 5.82 Å². The first kappa shape index (κ1) is 13.1. The molecule has 0 amide bonds. The van der Waals surface area contributed by atoms with E-state index in [4.69, 9.17) is 0 Å². The lowest BCUT2D eigenvalue weighted by atomic mass is 10.2. The molecule has 0 aliphatic heterocycles. The van der Waals surface area contributed by atoms with Crippen molar-refractivity contribution in [1.29, 1.82) is 0 Å². The molecule has 0 aliphatic carbocycles. The van der Waals surface area contributed by atoms with Crippen LogP contribution >= 0.6 is 15.9 Å². The summed E-state index contributed by atoms with van der Waals surface area (Å²) in [6, 6.07) is 6.79.